The van der Waals surface area contributed by atoms with Gasteiger partial charge in [0.15, 0.2) is 0 Å². The van der Waals surface area contributed by atoms with Crippen LogP contribution in [0.25, 0.3) is 0 Å². The lowest BCUT2D eigenvalue weighted by Crippen LogP contribution is -2.40. The van der Waals surface area contributed by atoms with E-state index in [1.165, 1.54) is 24.0 Å². The Morgan fingerprint density at radius 1 is 1.32 bits per heavy atom. The molecule has 0 spiro atoms. The van der Waals surface area contributed by atoms with Crippen molar-refractivity contribution in [1.82, 2.24) is 4.98 Å². The maximum Gasteiger partial charge on any atom is 0.339 e. The molecule has 4 rings (SSSR count). The third-order valence-corrected chi connectivity index (χ3v) is 5.94. The maximum atomic E-state index is 12.4. The lowest BCUT2D eigenvalue weighted by Gasteiger charge is -2.36. The standard InChI is InChI=1S/C20H28N2O3/c1-4-24-19(23)15-11-21-18(17-13-6-5-12(9-13)16(15)17)22-14-7-8-25-20(2,3)10-14/h11-14H,4-10H2,1-3H3,(H,21,22). The molecule has 2 fully saturated rings. The number of pyridine rings is 1. The lowest BCUT2D eigenvalue weighted by molar-refractivity contribution is -0.0553. The van der Waals surface area contributed by atoms with Gasteiger partial charge in [-0.15, -0.1) is 0 Å². The SMILES string of the molecule is CCOC(=O)c1cnc(NC2CCOC(C)(C)C2)c2c1C1CCC2C1. The minimum Gasteiger partial charge on any atom is -0.462 e. The zero-order valence-electron chi connectivity index (χ0n) is 15.4. The van der Waals surface area contributed by atoms with Crippen LogP contribution >= 0.6 is 0 Å². The molecule has 1 aliphatic heterocycles. The largest absolute Gasteiger partial charge is 0.462 e. The molecule has 1 aromatic rings. The Balaban J connectivity index is 1.65. The number of esters is 1. The monoisotopic (exact) mass is 344 g/mol. The third-order valence-electron chi connectivity index (χ3n) is 5.94. The summed E-state index contributed by atoms with van der Waals surface area (Å²) in [5, 5.41) is 3.68. The third kappa shape index (κ3) is 3.03. The molecule has 25 heavy (non-hydrogen) atoms. The molecule has 1 aromatic heterocycles. The molecule has 1 saturated carbocycles. The average molecular weight is 344 g/mol. The van der Waals surface area contributed by atoms with Crippen LogP contribution in [0.4, 0.5) is 5.82 Å². The number of ether oxygens (including phenoxy) is 2. The van der Waals surface area contributed by atoms with Gasteiger partial charge in [-0.2, -0.15) is 0 Å². The first-order chi connectivity index (χ1) is 12.0. The van der Waals surface area contributed by atoms with Gasteiger partial charge in [-0.1, -0.05) is 0 Å². The van der Waals surface area contributed by atoms with Crippen molar-refractivity contribution in [2.75, 3.05) is 18.5 Å². The molecule has 2 heterocycles. The van der Waals surface area contributed by atoms with Gasteiger partial charge in [0.25, 0.3) is 0 Å². The summed E-state index contributed by atoms with van der Waals surface area (Å²) >= 11 is 0. The summed E-state index contributed by atoms with van der Waals surface area (Å²) in [6.07, 6.45) is 7.23. The Morgan fingerprint density at radius 2 is 2.08 bits per heavy atom. The van der Waals surface area contributed by atoms with Gasteiger partial charge in [-0.05, 0) is 70.3 Å². The molecule has 5 heteroatoms. The number of hydrogen-bond acceptors (Lipinski definition) is 5. The fourth-order valence-corrected chi connectivity index (χ4v) is 4.93. The molecule has 2 bridgehead atoms. The Bertz CT molecular complexity index is 686. The number of aromatic nitrogens is 1. The quantitative estimate of drug-likeness (QED) is 0.837. The van der Waals surface area contributed by atoms with E-state index in [0.29, 0.717) is 30.0 Å². The van der Waals surface area contributed by atoms with Crippen molar-refractivity contribution in [1.29, 1.82) is 0 Å². The molecule has 0 radical (unpaired) electrons. The van der Waals surface area contributed by atoms with E-state index >= 15 is 0 Å². The fraction of sp³-hybridized carbons (Fsp3) is 0.700. The summed E-state index contributed by atoms with van der Waals surface area (Å²) in [6, 6.07) is 0.368. The fourth-order valence-electron chi connectivity index (χ4n) is 4.93. The Kier molecular flexibility index (Phi) is 4.22. The topological polar surface area (TPSA) is 60.5 Å². The summed E-state index contributed by atoms with van der Waals surface area (Å²) in [4.78, 5) is 17.0. The molecule has 0 amide bonds. The predicted molar refractivity (Wildman–Crippen MR) is 96.2 cm³/mol. The molecule has 3 unspecified atom stereocenters. The number of anilines is 1. The van der Waals surface area contributed by atoms with Gasteiger partial charge >= 0.3 is 5.97 Å². The van der Waals surface area contributed by atoms with E-state index in [9.17, 15) is 4.79 Å². The van der Waals surface area contributed by atoms with Crippen LogP contribution in [0.3, 0.4) is 0 Å². The molecule has 3 aliphatic rings. The average Bonchev–Trinajstić information content (AvgIpc) is 3.16. The highest BCUT2D eigenvalue weighted by molar-refractivity contribution is 5.92. The predicted octanol–water partition coefficient (Wildman–Crippen LogP) is 3.99. The van der Waals surface area contributed by atoms with Gasteiger partial charge in [0.1, 0.15) is 5.82 Å². The van der Waals surface area contributed by atoms with Gasteiger partial charge < -0.3 is 14.8 Å². The maximum absolute atomic E-state index is 12.4. The second-order valence-corrected chi connectivity index (χ2v) is 8.22. The van der Waals surface area contributed by atoms with Crippen LogP contribution in [0, 0.1) is 0 Å². The van der Waals surface area contributed by atoms with Crippen LogP contribution in [-0.4, -0.2) is 35.8 Å². The van der Waals surface area contributed by atoms with Gasteiger partial charge in [0.05, 0.1) is 17.8 Å². The summed E-state index contributed by atoms with van der Waals surface area (Å²) in [5.74, 6) is 1.79. The van der Waals surface area contributed by atoms with Crippen LogP contribution < -0.4 is 5.32 Å². The first-order valence-corrected chi connectivity index (χ1v) is 9.59. The normalized spacial score (nSPS) is 29.3. The highest BCUT2D eigenvalue weighted by Crippen LogP contribution is 2.56. The van der Waals surface area contributed by atoms with Crippen molar-refractivity contribution in [2.24, 2.45) is 0 Å². The molecule has 1 N–H and O–H groups in total. The minimum atomic E-state index is -0.224. The summed E-state index contributed by atoms with van der Waals surface area (Å²) in [7, 11) is 0. The zero-order chi connectivity index (χ0) is 17.6. The molecule has 2 aliphatic carbocycles. The van der Waals surface area contributed by atoms with E-state index in [2.05, 4.69) is 24.1 Å². The summed E-state index contributed by atoms with van der Waals surface area (Å²) in [6.45, 7) is 7.31. The van der Waals surface area contributed by atoms with E-state index in [0.717, 1.165) is 31.7 Å². The number of nitrogens with one attached hydrogen (secondary N) is 1. The van der Waals surface area contributed by atoms with E-state index in [1.54, 1.807) is 6.20 Å². The highest BCUT2D eigenvalue weighted by atomic mass is 16.5. The second kappa shape index (κ2) is 6.27. The Hall–Kier alpha value is -1.62. The van der Waals surface area contributed by atoms with Crippen LogP contribution in [0.1, 0.15) is 86.2 Å². The summed E-state index contributed by atoms with van der Waals surface area (Å²) < 4.78 is 11.1. The first-order valence-electron chi connectivity index (χ1n) is 9.59. The minimum absolute atomic E-state index is 0.0943. The Morgan fingerprint density at radius 3 is 2.80 bits per heavy atom. The van der Waals surface area contributed by atoms with E-state index in [4.69, 9.17) is 9.47 Å². The number of carbonyl (C=O) groups excluding carboxylic acids is 1. The van der Waals surface area contributed by atoms with Crippen molar-refractivity contribution in [3.8, 4) is 0 Å². The molecular formula is C20H28N2O3. The van der Waals surface area contributed by atoms with Crippen molar-refractivity contribution in [3.05, 3.63) is 22.9 Å². The van der Waals surface area contributed by atoms with Crippen molar-refractivity contribution < 1.29 is 14.3 Å². The number of fused-ring (bicyclic) bond motifs is 5. The first kappa shape index (κ1) is 16.8. The number of rotatable bonds is 4. The van der Waals surface area contributed by atoms with E-state index in [-0.39, 0.29) is 11.6 Å². The Labute approximate surface area is 149 Å². The van der Waals surface area contributed by atoms with Crippen molar-refractivity contribution >= 4 is 11.8 Å². The van der Waals surface area contributed by atoms with E-state index < -0.39 is 0 Å². The van der Waals surface area contributed by atoms with Gasteiger partial charge in [-0.25, -0.2) is 9.78 Å². The van der Waals surface area contributed by atoms with Crippen LogP contribution in [0.2, 0.25) is 0 Å². The molecule has 1 saturated heterocycles. The van der Waals surface area contributed by atoms with Gasteiger partial charge in [0, 0.05) is 24.4 Å². The molecule has 3 atom stereocenters. The molecule has 136 valence electrons. The highest BCUT2D eigenvalue weighted by Gasteiger charge is 2.42. The zero-order valence-corrected chi connectivity index (χ0v) is 15.4. The molecule has 5 nitrogen and oxygen atoms in total. The van der Waals surface area contributed by atoms with Crippen LogP contribution in [-0.2, 0) is 9.47 Å². The van der Waals surface area contributed by atoms with Crippen LogP contribution in [0.5, 0.6) is 0 Å². The van der Waals surface area contributed by atoms with E-state index in [1.807, 2.05) is 6.92 Å². The van der Waals surface area contributed by atoms with Gasteiger partial charge in [0.2, 0.25) is 0 Å². The van der Waals surface area contributed by atoms with Gasteiger partial charge in [-0.3, -0.25) is 0 Å². The number of carbonyl (C=O) groups is 1. The molecular weight excluding hydrogens is 316 g/mol. The number of nitrogens with zero attached hydrogens (tertiary/aromatic N) is 1. The summed E-state index contributed by atoms with van der Waals surface area (Å²) in [5.41, 5.74) is 3.08. The number of hydrogen-bond donors (Lipinski definition) is 1. The van der Waals surface area contributed by atoms with Crippen molar-refractivity contribution in [3.63, 3.8) is 0 Å². The van der Waals surface area contributed by atoms with Crippen LogP contribution in [0.15, 0.2) is 6.20 Å². The van der Waals surface area contributed by atoms with Crippen molar-refractivity contribution in [2.45, 2.75) is 76.4 Å². The smallest absolute Gasteiger partial charge is 0.339 e. The second-order valence-electron chi connectivity index (χ2n) is 8.22. The lowest BCUT2D eigenvalue weighted by atomic mass is 9.88. The molecule has 0 aromatic carbocycles.